The number of aromatic nitrogens is 4. The van der Waals surface area contributed by atoms with Gasteiger partial charge in [0.2, 0.25) is 0 Å². The first-order valence-corrected chi connectivity index (χ1v) is 5.63. The predicted molar refractivity (Wildman–Crippen MR) is 67.4 cm³/mol. The maximum Gasteiger partial charge on any atom is 0.279 e. The van der Waals surface area contributed by atoms with Gasteiger partial charge in [-0.25, -0.2) is 0 Å². The van der Waals surface area contributed by atoms with Crippen LogP contribution in [0.3, 0.4) is 0 Å². The second-order valence-corrected chi connectivity index (χ2v) is 3.90. The van der Waals surface area contributed by atoms with Gasteiger partial charge in [0.05, 0.1) is 11.4 Å². The Hall–Kier alpha value is -2.15. The Morgan fingerprint density at radius 3 is 2.83 bits per heavy atom. The number of carbonyl (C=O) groups is 1. The van der Waals surface area contributed by atoms with Crippen LogP contribution in [0.15, 0.2) is 12.1 Å². The number of hydrogen-bond acceptors (Lipinski definition) is 5. The fourth-order valence-corrected chi connectivity index (χ4v) is 1.49. The van der Waals surface area contributed by atoms with Gasteiger partial charge in [-0.05, 0) is 18.6 Å². The number of aryl methyl sites for hydroxylation is 1. The quantitative estimate of drug-likeness (QED) is 0.774. The van der Waals surface area contributed by atoms with E-state index in [1.54, 1.807) is 0 Å². The molecule has 0 spiro atoms. The number of H-pyrrole nitrogens is 1. The lowest BCUT2D eigenvalue weighted by Gasteiger charge is -2.01. The van der Waals surface area contributed by atoms with Gasteiger partial charge in [-0.15, -0.1) is 10.2 Å². The van der Waals surface area contributed by atoms with E-state index in [2.05, 4.69) is 25.7 Å². The summed E-state index contributed by atoms with van der Waals surface area (Å²) >= 11 is 5.59. The number of halogens is 1. The summed E-state index contributed by atoms with van der Waals surface area (Å²) in [7, 11) is 0. The lowest BCUT2D eigenvalue weighted by Crippen LogP contribution is -2.15. The summed E-state index contributed by atoms with van der Waals surface area (Å²) in [5.74, 6) is -0.162. The van der Waals surface area contributed by atoms with E-state index in [0.717, 1.165) is 5.69 Å². The predicted octanol–water partition coefficient (Wildman–Crippen LogP) is 1.25. The Morgan fingerprint density at radius 1 is 1.50 bits per heavy atom. The second-order valence-electron chi connectivity index (χ2n) is 3.51. The average Bonchev–Trinajstić information content (AvgIpc) is 2.73. The van der Waals surface area contributed by atoms with Gasteiger partial charge in [0.1, 0.15) is 0 Å². The Kier molecular flexibility index (Phi) is 3.42. The molecule has 0 aliphatic rings. The molecule has 0 saturated heterocycles. The summed E-state index contributed by atoms with van der Waals surface area (Å²) in [6.45, 7) is 1.91. The first kappa shape index (κ1) is 12.3. The highest BCUT2D eigenvalue weighted by atomic mass is 35.5. The van der Waals surface area contributed by atoms with Gasteiger partial charge in [-0.3, -0.25) is 9.89 Å². The molecule has 7 nitrogen and oxygen atoms in total. The van der Waals surface area contributed by atoms with E-state index >= 15 is 0 Å². The van der Waals surface area contributed by atoms with Crippen molar-refractivity contribution in [2.24, 2.45) is 0 Å². The monoisotopic (exact) mass is 266 g/mol. The van der Waals surface area contributed by atoms with Crippen LogP contribution in [0.5, 0.6) is 0 Å². The van der Waals surface area contributed by atoms with Gasteiger partial charge in [0, 0.05) is 0 Å². The molecule has 0 aromatic carbocycles. The van der Waals surface area contributed by atoms with E-state index in [9.17, 15) is 4.79 Å². The molecule has 8 heteroatoms. The number of rotatable bonds is 3. The summed E-state index contributed by atoms with van der Waals surface area (Å²) in [6.07, 6.45) is 0.673. The van der Waals surface area contributed by atoms with Crippen LogP contribution in [0.4, 0.5) is 11.5 Å². The van der Waals surface area contributed by atoms with Gasteiger partial charge in [-0.1, -0.05) is 18.5 Å². The second kappa shape index (κ2) is 5.01. The van der Waals surface area contributed by atoms with Crippen LogP contribution in [0.1, 0.15) is 23.1 Å². The third kappa shape index (κ3) is 2.40. The van der Waals surface area contributed by atoms with Crippen LogP contribution in [0, 0.1) is 0 Å². The summed E-state index contributed by atoms with van der Waals surface area (Å²) < 4.78 is 0. The van der Waals surface area contributed by atoms with Crippen molar-refractivity contribution >= 4 is 29.0 Å². The third-order valence-electron chi connectivity index (χ3n) is 2.33. The number of nitrogens with one attached hydrogen (secondary N) is 2. The van der Waals surface area contributed by atoms with Crippen molar-refractivity contribution < 1.29 is 4.79 Å². The molecule has 18 heavy (non-hydrogen) atoms. The molecule has 0 aliphatic carbocycles. The molecule has 0 atom stereocenters. The van der Waals surface area contributed by atoms with Gasteiger partial charge >= 0.3 is 0 Å². The highest BCUT2D eigenvalue weighted by molar-refractivity contribution is 6.29. The highest BCUT2D eigenvalue weighted by Gasteiger charge is 2.16. The molecule has 2 aromatic heterocycles. The summed E-state index contributed by atoms with van der Waals surface area (Å²) in [5.41, 5.74) is 6.99. The van der Waals surface area contributed by atoms with Crippen molar-refractivity contribution in [3.8, 4) is 0 Å². The van der Waals surface area contributed by atoms with Gasteiger partial charge < -0.3 is 11.1 Å². The van der Waals surface area contributed by atoms with Crippen molar-refractivity contribution in [2.75, 3.05) is 11.1 Å². The van der Waals surface area contributed by atoms with Gasteiger partial charge in [0.25, 0.3) is 5.91 Å². The van der Waals surface area contributed by atoms with Crippen LogP contribution in [0.2, 0.25) is 5.15 Å². The lowest BCUT2D eigenvalue weighted by atomic mass is 10.2. The average molecular weight is 267 g/mol. The Bertz CT molecular complexity index is 564. The van der Waals surface area contributed by atoms with Gasteiger partial charge in [0.15, 0.2) is 16.7 Å². The maximum atomic E-state index is 11.9. The van der Waals surface area contributed by atoms with E-state index in [1.807, 2.05) is 6.92 Å². The van der Waals surface area contributed by atoms with Crippen LogP contribution in [-0.4, -0.2) is 26.3 Å². The molecule has 2 heterocycles. The number of nitrogens with two attached hydrogens (primary N) is 1. The van der Waals surface area contributed by atoms with Crippen LogP contribution < -0.4 is 11.1 Å². The zero-order valence-electron chi connectivity index (χ0n) is 9.57. The molecule has 0 unspecified atom stereocenters. The van der Waals surface area contributed by atoms with E-state index in [-0.39, 0.29) is 16.7 Å². The highest BCUT2D eigenvalue weighted by Crippen LogP contribution is 2.16. The fraction of sp³-hybridized carbons (Fsp3) is 0.200. The summed E-state index contributed by atoms with van der Waals surface area (Å²) in [5, 5.41) is 16.7. The minimum atomic E-state index is -0.444. The molecule has 0 aliphatic heterocycles. The SMILES string of the molecule is CCc1[nH]nc(C(=O)Nc2ccc(Cl)nn2)c1N. The Balaban J connectivity index is 2.16. The number of hydrogen-bond donors (Lipinski definition) is 3. The molecule has 4 N–H and O–H groups in total. The number of amides is 1. The maximum absolute atomic E-state index is 11.9. The van der Waals surface area contributed by atoms with E-state index in [0.29, 0.717) is 12.1 Å². The lowest BCUT2D eigenvalue weighted by molar-refractivity contribution is 0.102. The van der Waals surface area contributed by atoms with Crippen molar-refractivity contribution in [3.05, 3.63) is 28.7 Å². The smallest absolute Gasteiger partial charge is 0.279 e. The molecule has 94 valence electrons. The number of aromatic amines is 1. The first-order valence-electron chi connectivity index (χ1n) is 5.25. The third-order valence-corrected chi connectivity index (χ3v) is 2.53. The Morgan fingerprint density at radius 2 is 2.28 bits per heavy atom. The Labute approximate surface area is 108 Å². The summed E-state index contributed by atoms with van der Waals surface area (Å²) in [4.78, 5) is 11.9. The van der Waals surface area contributed by atoms with E-state index in [1.165, 1.54) is 12.1 Å². The fourth-order valence-electron chi connectivity index (χ4n) is 1.39. The zero-order valence-corrected chi connectivity index (χ0v) is 10.3. The number of carbonyl (C=O) groups excluding carboxylic acids is 1. The standard InChI is InChI=1S/C10H11ClN6O/c1-2-5-8(12)9(17-14-5)10(18)13-7-4-3-6(11)15-16-7/h3-4H,2,12H2,1H3,(H,14,17)(H,13,16,18). The van der Waals surface area contributed by atoms with E-state index < -0.39 is 5.91 Å². The molecule has 2 aromatic rings. The van der Waals surface area contributed by atoms with Gasteiger partial charge in [-0.2, -0.15) is 5.10 Å². The largest absolute Gasteiger partial charge is 0.395 e. The van der Waals surface area contributed by atoms with Crippen molar-refractivity contribution in [3.63, 3.8) is 0 Å². The molecule has 0 radical (unpaired) electrons. The number of anilines is 2. The zero-order chi connectivity index (χ0) is 13.1. The van der Waals surface area contributed by atoms with Crippen LogP contribution >= 0.6 is 11.6 Å². The number of nitrogens with zero attached hydrogens (tertiary/aromatic N) is 3. The molecular formula is C10H11ClN6O. The molecule has 0 bridgehead atoms. The van der Waals surface area contributed by atoms with E-state index in [4.69, 9.17) is 17.3 Å². The van der Waals surface area contributed by atoms with Crippen molar-refractivity contribution in [1.29, 1.82) is 0 Å². The molecule has 0 fully saturated rings. The topological polar surface area (TPSA) is 110 Å². The molecular weight excluding hydrogens is 256 g/mol. The summed E-state index contributed by atoms with van der Waals surface area (Å²) in [6, 6.07) is 3.06. The minimum absolute atomic E-state index is 0.142. The first-order chi connectivity index (χ1) is 8.61. The molecule has 2 rings (SSSR count). The van der Waals surface area contributed by atoms with Crippen LogP contribution in [0.25, 0.3) is 0 Å². The molecule has 1 amide bonds. The minimum Gasteiger partial charge on any atom is -0.395 e. The normalized spacial score (nSPS) is 10.3. The number of nitrogen functional groups attached to an aromatic ring is 1. The van der Waals surface area contributed by atoms with Crippen LogP contribution in [-0.2, 0) is 6.42 Å². The van der Waals surface area contributed by atoms with Crippen molar-refractivity contribution in [1.82, 2.24) is 20.4 Å². The van der Waals surface area contributed by atoms with Crippen molar-refractivity contribution in [2.45, 2.75) is 13.3 Å². The molecule has 0 saturated carbocycles.